The lowest BCUT2D eigenvalue weighted by Crippen LogP contribution is -2.20. The van der Waals surface area contributed by atoms with E-state index >= 15 is 0 Å². The van der Waals surface area contributed by atoms with Gasteiger partial charge in [0.05, 0.1) is 0 Å². The Morgan fingerprint density at radius 3 is 1.24 bits per heavy atom. The fourth-order valence-corrected chi connectivity index (χ4v) is 3.42. The van der Waals surface area contributed by atoms with E-state index in [1.165, 1.54) is 38.5 Å². The SMILES string of the molecule is C1CCC(C2CCCCC2)CC1.CCOCC. The van der Waals surface area contributed by atoms with Crippen molar-refractivity contribution in [2.45, 2.75) is 78.1 Å². The fourth-order valence-electron chi connectivity index (χ4n) is 3.42. The van der Waals surface area contributed by atoms with Crippen LogP contribution in [0.4, 0.5) is 0 Å². The molecule has 0 saturated heterocycles. The summed E-state index contributed by atoms with van der Waals surface area (Å²) in [4.78, 5) is 0. The lowest BCUT2D eigenvalue weighted by Gasteiger charge is -2.32. The van der Waals surface area contributed by atoms with Gasteiger partial charge in [-0.15, -0.1) is 0 Å². The highest BCUT2D eigenvalue weighted by atomic mass is 16.5. The van der Waals surface area contributed by atoms with Crippen molar-refractivity contribution in [2.24, 2.45) is 11.8 Å². The Morgan fingerprint density at radius 2 is 1.00 bits per heavy atom. The summed E-state index contributed by atoms with van der Waals surface area (Å²) < 4.78 is 4.83. The summed E-state index contributed by atoms with van der Waals surface area (Å²) in [6.07, 6.45) is 15.4. The average molecular weight is 240 g/mol. The van der Waals surface area contributed by atoms with Crippen LogP contribution in [0, 0.1) is 11.8 Å². The summed E-state index contributed by atoms with van der Waals surface area (Å²) in [5.74, 6) is 2.28. The van der Waals surface area contributed by atoms with Gasteiger partial charge in [-0.1, -0.05) is 64.2 Å². The van der Waals surface area contributed by atoms with E-state index in [4.69, 9.17) is 4.74 Å². The van der Waals surface area contributed by atoms with Gasteiger partial charge < -0.3 is 4.74 Å². The van der Waals surface area contributed by atoms with E-state index in [1.54, 1.807) is 25.7 Å². The summed E-state index contributed by atoms with van der Waals surface area (Å²) in [5.41, 5.74) is 0. The van der Waals surface area contributed by atoms with Gasteiger partial charge in [-0.2, -0.15) is 0 Å². The van der Waals surface area contributed by atoms with Crippen LogP contribution >= 0.6 is 0 Å². The van der Waals surface area contributed by atoms with Gasteiger partial charge in [-0.3, -0.25) is 0 Å². The first-order valence-electron chi connectivity index (χ1n) is 7.96. The highest BCUT2D eigenvalue weighted by molar-refractivity contribution is 4.76. The van der Waals surface area contributed by atoms with Crippen LogP contribution in [0.5, 0.6) is 0 Å². The van der Waals surface area contributed by atoms with Crippen LogP contribution < -0.4 is 0 Å². The molecule has 102 valence electrons. The predicted molar refractivity (Wildman–Crippen MR) is 75.3 cm³/mol. The Kier molecular flexibility index (Phi) is 8.78. The fraction of sp³-hybridized carbons (Fsp3) is 1.00. The summed E-state index contributed by atoms with van der Waals surface area (Å²) in [6.45, 7) is 5.67. The first-order chi connectivity index (χ1) is 8.38. The number of rotatable bonds is 3. The molecule has 1 heteroatoms. The molecule has 0 heterocycles. The largest absolute Gasteiger partial charge is 0.382 e. The second kappa shape index (κ2) is 9.94. The molecule has 2 aliphatic rings. The molecule has 0 aromatic rings. The topological polar surface area (TPSA) is 9.23 Å². The van der Waals surface area contributed by atoms with Gasteiger partial charge >= 0.3 is 0 Å². The molecule has 2 saturated carbocycles. The third-order valence-electron chi connectivity index (χ3n) is 4.37. The molecule has 0 unspecified atom stereocenters. The Hall–Kier alpha value is -0.0400. The molecule has 0 aliphatic heterocycles. The molecule has 2 fully saturated rings. The zero-order valence-electron chi connectivity index (χ0n) is 12.0. The smallest absolute Gasteiger partial charge is 0.0437 e. The van der Waals surface area contributed by atoms with Crippen LogP contribution in [0.1, 0.15) is 78.1 Å². The van der Waals surface area contributed by atoms with Gasteiger partial charge in [0.15, 0.2) is 0 Å². The van der Waals surface area contributed by atoms with Gasteiger partial charge in [-0.25, -0.2) is 0 Å². The van der Waals surface area contributed by atoms with Crippen molar-refractivity contribution in [3.63, 3.8) is 0 Å². The first-order valence-corrected chi connectivity index (χ1v) is 7.96. The molecule has 2 rings (SSSR count). The predicted octanol–water partition coefficient (Wildman–Crippen LogP) is 5.19. The molecule has 0 atom stereocenters. The standard InChI is InChI=1S/C12H22.C4H10O/c1-3-7-11(8-4-1)12-9-5-2-6-10-12;1-3-5-4-2/h11-12H,1-10H2;3-4H2,1-2H3. The van der Waals surface area contributed by atoms with Crippen LogP contribution in [-0.4, -0.2) is 13.2 Å². The summed E-state index contributed by atoms with van der Waals surface area (Å²) in [5, 5.41) is 0. The van der Waals surface area contributed by atoms with E-state index in [2.05, 4.69) is 0 Å². The van der Waals surface area contributed by atoms with Crippen molar-refractivity contribution >= 4 is 0 Å². The zero-order chi connectivity index (χ0) is 12.3. The van der Waals surface area contributed by atoms with Crippen molar-refractivity contribution in [1.82, 2.24) is 0 Å². The van der Waals surface area contributed by atoms with Crippen molar-refractivity contribution < 1.29 is 4.74 Å². The van der Waals surface area contributed by atoms with Gasteiger partial charge in [0, 0.05) is 13.2 Å². The Balaban J connectivity index is 0.000000249. The first kappa shape index (κ1) is 15.0. The Labute approximate surface area is 108 Å². The molecule has 0 bridgehead atoms. The molecule has 0 radical (unpaired) electrons. The van der Waals surface area contributed by atoms with Crippen molar-refractivity contribution in [2.75, 3.05) is 13.2 Å². The van der Waals surface area contributed by atoms with E-state index in [-0.39, 0.29) is 0 Å². The molecule has 0 N–H and O–H groups in total. The number of ether oxygens (including phenoxy) is 1. The maximum atomic E-state index is 4.83. The maximum Gasteiger partial charge on any atom is 0.0437 e. The molecule has 0 amide bonds. The lowest BCUT2D eigenvalue weighted by molar-refractivity contribution is 0.162. The molecule has 17 heavy (non-hydrogen) atoms. The Bertz CT molecular complexity index is 137. The quantitative estimate of drug-likeness (QED) is 0.659. The number of hydrogen-bond donors (Lipinski definition) is 0. The molecule has 0 aromatic heterocycles. The molecular formula is C16H32O. The van der Waals surface area contributed by atoms with Gasteiger partial charge in [0.1, 0.15) is 0 Å². The number of hydrogen-bond acceptors (Lipinski definition) is 1. The Morgan fingerprint density at radius 1 is 0.647 bits per heavy atom. The molecule has 1 nitrogen and oxygen atoms in total. The van der Waals surface area contributed by atoms with Crippen molar-refractivity contribution in [3.05, 3.63) is 0 Å². The highest BCUT2D eigenvalue weighted by Crippen LogP contribution is 2.37. The van der Waals surface area contributed by atoms with Crippen LogP contribution in [0.2, 0.25) is 0 Å². The van der Waals surface area contributed by atoms with E-state index in [0.29, 0.717) is 0 Å². The van der Waals surface area contributed by atoms with E-state index in [1.807, 2.05) is 13.8 Å². The van der Waals surface area contributed by atoms with Crippen LogP contribution in [-0.2, 0) is 4.74 Å². The average Bonchev–Trinajstić information content (AvgIpc) is 2.42. The summed E-state index contributed by atoms with van der Waals surface area (Å²) >= 11 is 0. The van der Waals surface area contributed by atoms with Crippen LogP contribution in [0.3, 0.4) is 0 Å². The minimum Gasteiger partial charge on any atom is -0.382 e. The minimum absolute atomic E-state index is 0.844. The second-order valence-corrected chi connectivity index (χ2v) is 5.58. The van der Waals surface area contributed by atoms with Crippen molar-refractivity contribution in [3.8, 4) is 0 Å². The van der Waals surface area contributed by atoms with Gasteiger partial charge in [0.2, 0.25) is 0 Å². The summed E-state index contributed by atoms with van der Waals surface area (Å²) in [7, 11) is 0. The highest BCUT2D eigenvalue weighted by Gasteiger charge is 2.24. The monoisotopic (exact) mass is 240 g/mol. The van der Waals surface area contributed by atoms with E-state index in [0.717, 1.165) is 25.0 Å². The van der Waals surface area contributed by atoms with Crippen LogP contribution in [0.25, 0.3) is 0 Å². The van der Waals surface area contributed by atoms with E-state index < -0.39 is 0 Å². The van der Waals surface area contributed by atoms with E-state index in [9.17, 15) is 0 Å². The van der Waals surface area contributed by atoms with Gasteiger partial charge in [0.25, 0.3) is 0 Å². The third-order valence-corrected chi connectivity index (χ3v) is 4.37. The molecule has 0 aromatic carbocycles. The molecule has 0 spiro atoms. The maximum absolute atomic E-state index is 4.83. The summed E-state index contributed by atoms with van der Waals surface area (Å²) in [6, 6.07) is 0. The normalized spacial score (nSPS) is 22.9. The van der Waals surface area contributed by atoms with Crippen LogP contribution in [0.15, 0.2) is 0 Å². The molecule has 2 aliphatic carbocycles. The van der Waals surface area contributed by atoms with Gasteiger partial charge in [-0.05, 0) is 25.7 Å². The molecular weight excluding hydrogens is 208 g/mol. The zero-order valence-corrected chi connectivity index (χ0v) is 12.0. The second-order valence-electron chi connectivity index (χ2n) is 5.58. The van der Waals surface area contributed by atoms with Crippen molar-refractivity contribution in [1.29, 1.82) is 0 Å². The lowest BCUT2D eigenvalue weighted by atomic mass is 9.73. The minimum atomic E-state index is 0.844. The third kappa shape index (κ3) is 6.45.